The van der Waals surface area contributed by atoms with Crippen LogP contribution in [0.4, 0.5) is 13.2 Å². The molecule has 0 spiro atoms. The number of ether oxygens (including phenoxy) is 2. The van der Waals surface area contributed by atoms with Gasteiger partial charge in [-0.05, 0) is 61.3 Å². The Morgan fingerprint density at radius 1 is 1.03 bits per heavy atom. The van der Waals surface area contributed by atoms with Gasteiger partial charge in [0.1, 0.15) is 11.5 Å². The maximum absolute atomic E-state index is 12.2. The highest BCUT2D eigenvalue weighted by Gasteiger charge is 2.30. The first-order valence-electron chi connectivity index (χ1n) is 9.67. The number of nitrogens with one attached hydrogen (secondary N) is 2. The second kappa shape index (κ2) is 11.2. The van der Waals surface area contributed by atoms with Gasteiger partial charge < -0.3 is 30.0 Å². The molecule has 1 aromatic heterocycles. The summed E-state index contributed by atoms with van der Waals surface area (Å²) in [6.45, 7) is 3.35. The summed E-state index contributed by atoms with van der Waals surface area (Å²) >= 11 is 0. The van der Waals surface area contributed by atoms with Crippen molar-refractivity contribution in [3.63, 3.8) is 0 Å². The fraction of sp³-hybridized carbons (Fsp3) is 0.273. The van der Waals surface area contributed by atoms with Crippen LogP contribution in [0.2, 0.25) is 0 Å². The van der Waals surface area contributed by atoms with E-state index < -0.39 is 18.3 Å². The van der Waals surface area contributed by atoms with E-state index in [1.165, 1.54) is 17.7 Å². The van der Waals surface area contributed by atoms with Gasteiger partial charge in [-0.15, -0.1) is 13.2 Å². The Morgan fingerprint density at radius 2 is 1.64 bits per heavy atom. The standard InChI is InChI=1S/C20H21F3N2O2.C2H2O4/c1-13-17(18-11-16(26-2)7-8-19(18)25-13)9-10-24-12-14-3-5-15(6-4-14)27-20(21,22)23;3-1(4)2(5)6/h3-8,11,24-25H,9-10,12H2,1-2H3;(H,3,4)(H,5,6). The second-order valence-electron chi connectivity index (χ2n) is 6.87. The van der Waals surface area contributed by atoms with Crippen molar-refractivity contribution in [2.45, 2.75) is 26.3 Å². The SMILES string of the molecule is COc1ccc2[nH]c(C)c(CCNCc3ccc(OC(F)(F)F)cc3)c2c1.O=C(O)C(=O)O. The Kier molecular flexibility index (Phi) is 8.69. The predicted molar refractivity (Wildman–Crippen MR) is 113 cm³/mol. The summed E-state index contributed by atoms with van der Waals surface area (Å²) in [6.07, 6.45) is -3.84. The summed E-state index contributed by atoms with van der Waals surface area (Å²) in [4.78, 5) is 21.6. The lowest BCUT2D eigenvalue weighted by Crippen LogP contribution is -2.18. The Bertz CT molecular complexity index is 1080. The van der Waals surface area contributed by atoms with Crippen LogP contribution in [0.15, 0.2) is 42.5 Å². The van der Waals surface area contributed by atoms with Gasteiger partial charge in [0, 0.05) is 23.1 Å². The summed E-state index contributed by atoms with van der Waals surface area (Å²) in [5.41, 5.74) is 4.31. The van der Waals surface area contributed by atoms with Crippen molar-refractivity contribution < 1.29 is 42.4 Å². The summed E-state index contributed by atoms with van der Waals surface area (Å²) in [5, 5.41) is 19.2. The molecule has 178 valence electrons. The van der Waals surface area contributed by atoms with Crippen LogP contribution in [0.25, 0.3) is 10.9 Å². The molecule has 0 aliphatic rings. The Hall–Kier alpha value is -3.73. The third-order valence-corrected chi connectivity index (χ3v) is 4.55. The van der Waals surface area contributed by atoms with Crippen LogP contribution < -0.4 is 14.8 Å². The fourth-order valence-corrected chi connectivity index (χ4v) is 3.07. The smallest absolute Gasteiger partial charge is 0.497 e. The molecule has 0 bridgehead atoms. The van der Waals surface area contributed by atoms with E-state index in [9.17, 15) is 13.2 Å². The quantitative estimate of drug-likeness (QED) is 0.307. The van der Waals surface area contributed by atoms with E-state index >= 15 is 0 Å². The topological polar surface area (TPSA) is 121 Å². The molecule has 0 atom stereocenters. The molecule has 33 heavy (non-hydrogen) atoms. The van der Waals surface area contributed by atoms with Gasteiger partial charge in [-0.25, -0.2) is 9.59 Å². The number of H-pyrrole nitrogens is 1. The van der Waals surface area contributed by atoms with Crippen LogP contribution in [0.1, 0.15) is 16.8 Å². The first-order valence-corrected chi connectivity index (χ1v) is 9.67. The zero-order valence-corrected chi connectivity index (χ0v) is 17.8. The highest BCUT2D eigenvalue weighted by Crippen LogP contribution is 2.26. The number of carboxylic acid groups (broad SMARTS) is 2. The van der Waals surface area contributed by atoms with Crippen molar-refractivity contribution in [3.8, 4) is 11.5 Å². The monoisotopic (exact) mass is 468 g/mol. The van der Waals surface area contributed by atoms with Crippen LogP contribution in [0, 0.1) is 6.92 Å². The van der Waals surface area contributed by atoms with E-state index in [1.54, 1.807) is 19.2 Å². The number of hydrogen-bond acceptors (Lipinski definition) is 5. The van der Waals surface area contributed by atoms with Crippen LogP contribution in [0.3, 0.4) is 0 Å². The highest BCUT2D eigenvalue weighted by atomic mass is 19.4. The number of carbonyl (C=O) groups is 2. The van der Waals surface area contributed by atoms with Crippen LogP contribution in [-0.2, 0) is 22.6 Å². The first-order chi connectivity index (χ1) is 15.5. The van der Waals surface area contributed by atoms with Gasteiger partial charge in [-0.3, -0.25) is 0 Å². The molecule has 11 heteroatoms. The van der Waals surface area contributed by atoms with E-state index in [0.717, 1.165) is 40.9 Å². The predicted octanol–water partition coefficient (Wildman–Crippen LogP) is 3.87. The molecule has 3 aromatic rings. The lowest BCUT2D eigenvalue weighted by atomic mass is 10.1. The van der Waals surface area contributed by atoms with E-state index in [0.29, 0.717) is 6.54 Å². The van der Waals surface area contributed by atoms with Gasteiger partial charge in [0.2, 0.25) is 0 Å². The van der Waals surface area contributed by atoms with Gasteiger partial charge in [-0.1, -0.05) is 12.1 Å². The lowest BCUT2D eigenvalue weighted by Gasteiger charge is -2.10. The fourth-order valence-electron chi connectivity index (χ4n) is 3.07. The molecular weight excluding hydrogens is 445 g/mol. The number of hydrogen-bond donors (Lipinski definition) is 4. The number of benzene rings is 2. The summed E-state index contributed by atoms with van der Waals surface area (Å²) in [7, 11) is 1.65. The number of rotatable bonds is 7. The maximum atomic E-state index is 12.2. The van der Waals surface area contributed by atoms with Crippen LogP contribution >= 0.6 is 0 Å². The van der Waals surface area contributed by atoms with Crippen LogP contribution in [-0.4, -0.2) is 47.2 Å². The summed E-state index contributed by atoms with van der Waals surface area (Å²) < 4.78 is 45.7. The Morgan fingerprint density at radius 3 is 2.18 bits per heavy atom. The average Bonchev–Trinajstić information content (AvgIpc) is 3.05. The number of carboxylic acids is 2. The van der Waals surface area contributed by atoms with E-state index in [-0.39, 0.29) is 5.75 Å². The normalized spacial score (nSPS) is 10.9. The molecule has 0 amide bonds. The maximum Gasteiger partial charge on any atom is 0.573 e. The number of aliphatic carboxylic acids is 2. The van der Waals surface area contributed by atoms with E-state index in [1.807, 2.05) is 25.1 Å². The molecular formula is C22H23F3N2O6. The van der Waals surface area contributed by atoms with Crippen molar-refractivity contribution in [1.29, 1.82) is 0 Å². The van der Waals surface area contributed by atoms with Crippen molar-refractivity contribution in [3.05, 3.63) is 59.3 Å². The second-order valence-corrected chi connectivity index (χ2v) is 6.87. The molecule has 0 saturated carbocycles. The number of alkyl halides is 3. The zero-order valence-electron chi connectivity index (χ0n) is 17.8. The number of aromatic amines is 1. The lowest BCUT2D eigenvalue weighted by molar-refractivity contribution is -0.274. The molecule has 4 N–H and O–H groups in total. The third kappa shape index (κ3) is 8.04. The molecule has 1 heterocycles. The number of halogens is 3. The van der Waals surface area contributed by atoms with Crippen LogP contribution in [0.5, 0.6) is 11.5 Å². The molecule has 0 unspecified atom stereocenters. The van der Waals surface area contributed by atoms with Crippen molar-refractivity contribution in [2.24, 2.45) is 0 Å². The molecule has 0 aliphatic carbocycles. The van der Waals surface area contributed by atoms with Gasteiger partial charge >= 0.3 is 18.3 Å². The van der Waals surface area contributed by atoms with Crippen molar-refractivity contribution in [2.75, 3.05) is 13.7 Å². The first kappa shape index (κ1) is 25.5. The van der Waals surface area contributed by atoms with Gasteiger partial charge in [0.05, 0.1) is 7.11 Å². The van der Waals surface area contributed by atoms with Gasteiger partial charge in [0.25, 0.3) is 0 Å². The molecule has 0 radical (unpaired) electrons. The Balaban J connectivity index is 0.000000569. The molecule has 0 aliphatic heterocycles. The van der Waals surface area contributed by atoms with E-state index in [2.05, 4.69) is 15.0 Å². The molecule has 0 saturated heterocycles. The van der Waals surface area contributed by atoms with Crippen molar-refractivity contribution >= 4 is 22.8 Å². The molecule has 3 rings (SSSR count). The average molecular weight is 468 g/mol. The third-order valence-electron chi connectivity index (χ3n) is 4.55. The molecule has 0 fully saturated rings. The molecule has 2 aromatic carbocycles. The highest BCUT2D eigenvalue weighted by molar-refractivity contribution is 6.27. The number of methoxy groups -OCH3 is 1. The largest absolute Gasteiger partial charge is 0.573 e. The van der Waals surface area contributed by atoms with Gasteiger partial charge in [-0.2, -0.15) is 0 Å². The minimum absolute atomic E-state index is 0.213. The summed E-state index contributed by atoms with van der Waals surface area (Å²) in [5.74, 6) is -3.04. The van der Waals surface area contributed by atoms with E-state index in [4.69, 9.17) is 24.5 Å². The van der Waals surface area contributed by atoms with Crippen molar-refractivity contribution in [1.82, 2.24) is 10.3 Å². The summed E-state index contributed by atoms with van der Waals surface area (Å²) in [6, 6.07) is 11.8. The zero-order chi connectivity index (χ0) is 24.6. The molecule has 8 nitrogen and oxygen atoms in total. The Labute approximate surface area is 186 Å². The number of aromatic nitrogens is 1. The number of fused-ring (bicyclic) bond motifs is 1. The minimum Gasteiger partial charge on any atom is -0.497 e. The minimum atomic E-state index is -4.67. The number of aryl methyl sites for hydroxylation is 1. The van der Waals surface area contributed by atoms with Gasteiger partial charge in [0.15, 0.2) is 0 Å².